The van der Waals surface area contributed by atoms with Crippen LogP contribution < -0.4 is 0 Å². The van der Waals surface area contributed by atoms with Gasteiger partial charge in [-0.3, -0.25) is 9.59 Å². The topological polar surface area (TPSA) is 102 Å². The molecule has 4 atom stereocenters. The van der Waals surface area contributed by atoms with Crippen LogP contribution in [-0.2, 0) is 23.8 Å². The molecule has 164 valence electrons. The van der Waals surface area contributed by atoms with E-state index in [9.17, 15) is 46.1 Å². The first-order valence-electron chi connectivity index (χ1n) is 7.91. The van der Waals surface area contributed by atoms with Gasteiger partial charge in [0.2, 0.25) is 0 Å². The molecule has 7 nitrogen and oxygen atoms in total. The number of ether oxygens (including phenoxy) is 3. The highest BCUT2D eigenvalue weighted by atomic mass is 19.4. The summed E-state index contributed by atoms with van der Waals surface area (Å²) in [6.45, 7) is 2.77. The van der Waals surface area contributed by atoms with Crippen LogP contribution in [0.25, 0.3) is 0 Å². The lowest BCUT2D eigenvalue weighted by Crippen LogP contribution is -2.74. The maximum absolute atomic E-state index is 13.5. The summed E-state index contributed by atoms with van der Waals surface area (Å²) in [5.41, 5.74) is 0. The van der Waals surface area contributed by atoms with Gasteiger partial charge in [0.15, 0.2) is 0 Å². The number of hydrogen-bond acceptors (Lipinski definition) is 7. The molecule has 0 aromatic heterocycles. The highest BCUT2D eigenvalue weighted by Gasteiger charge is 2.79. The lowest BCUT2D eigenvalue weighted by molar-refractivity contribution is -0.512. The largest absolute Gasteiger partial charge is 0.469 e. The SMILES string of the molecule is COC(=O)C1C(CC(C)C)C(C(=O)OC)C(O)(C(F)(F)F)OC1(O)C(F)(F)F. The second kappa shape index (κ2) is 7.67. The van der Waals surface area contributed by atoms with Crippen LogP contribution in [0.15, 0.2) is 0 Å². The van der Waals surface area contributed by atoms with E-state index in [1.165, 1.54) is 13.8 Å². The third-order valence-corrected chi connectivity index (χ3v) is 4.48. The molecule has 1 rings (SSSR count). The van der Waals surface area contributed by atoms with Crippen LogP contribution in [-0.4, -0.2) is 60.3 Å². The fourth-order valence-corrected chi connectivity index (χ4v) is 3.34. The van der Waals surface area contributed by atoms with Crippen LogP contribution in [0, 0.1) is 23.7 Å². The third-order valence-electron chi connectivity index (χ3n) is 4.48. The Balaban J connectivity index is 3.88. The zero-order valence-electron chi connectivity index (χ0n) is 15.2. The van der Waals surface area contributed by atoms with Crippen molar-refractivity contribution in [3.8, 4) is 0 Å². The van der Waals surface area contributed by atoms with Gasteiger partial charge in [0.1, 0.15) is 11.8 Å². The van der Waals surface area contributed by atoms with E-state index < -0.39 is 66.0 Å². The first kappa shape index (κ1) is 24.4. The van der Waals surface area contributed by atoms with Crippen molar-refractivity contribution in [1.82, 2.24) is 0 Å². The van der Waals surface area contributed by atoms with E-state index in [4.69, 9.17) is 0 Å². The van der Waals surface area contributed by atoms with Gasteiger partial charge in [0, 0.05) is 0 Å². The normalized spacial score (nSPS) is 34.2. The van der Waals surface area contributed by atoms with Gasteiger partial charge in [-0.1, -0.05) is 13.8 Å². The van der Waals surface area contributed by atoms with Gasteiger partial charge in [-0.15, -0.1) is 0 Å². The highest BCUT2D eigenvalue weighted by Crippen LogP contribution is 2.57. The molecule has 1 fully saturated rings. The number of carbonyl (C=O) groups excluding carboxylic acids is 2. The molecular weight excluding hydrogens is 406 g/mol. The Hall–Kier alpha value is -1.60. The first-order chi connectivity index (χ1) is 12.5. The minimum atomic E-state index is -5.96. The molecule has 13 heteroatoms. The second-order valence-electron chi connectivity index (χ2n) is 6.79. The summed E-state index contributed by atoms with van der Waals surface area (Å²) in [6.07, 6.45) is -12.5. The predicted molar refractivity (Wildman–Crippen MR) is 77.1 cm³/mol. The lowest BCUT2D eigenvalue weighted by Gasteiger charge is -2.53. The number of rotatable bonds is 4. The van der Waals surface area contributed by atoms with Crippen LogP contribution in [0.2, 0.25) is 0 Å². The van der Waals surface area contributed by atoms with Gasteiger partial charge in [0.25, 0.3) is 11.6 Å². The van der Waals surface area contributed by atoms with E-state index >= 15 is 0 Å². The van der Waals surface area contributed by atoms with Crippen LogP contribution in [0.5, 0.6) is 0 Å². The quantitative estimate of drug-likeness (QED) is 0.522. The predicted octanol–water partition coefficient (Wildman–Crippen LogP) is 1.76. The van der Waals surface area contributed by atoms with Crippen molar-refractivity contribution in [2.24, 2.45) is 23.7 Å². The van der Waals surface area contributed by atoms with E-state index in [1.54, 1.807) is 0 Å². The number of methoxy groups -OCH3 is 2. The molecule has 0 spiro atoms. The van der Waals surface area contributed by atoms with Gasteiger partial charge < -0.3 is 24.4 Å². The standard InChI is InChI=1S/C15H20F6O7/c1-6(2)5-7-8(10(22)26-3)12(24,14(16,17)18)28-13(25,15(19,20)21)9(7)11(23)27-4/h6-9,24-25H,5H2,1-4H3. The number of halogens is 6. The molecule has 4 unspecified atom stereocenters. The van der Waals surface area contributed by atoms with E-state index in [-0.39, 0.29) is 0 Å². The molecule has 0 aromatic carbocycles. The van der Waals surface area contributed by atoms with Crippen molar-refractivity contribution in [1.29, 1.82) is 0 Å². The highest BCUT2D eigenvalue weighted by molar-refractivity contribution is 5.79. The smallest absolute Gasteiger partial charge is 0.444 e. The van der Waals surface area contributed by atoms with E-state index in [1.807, 2.05) is 0 Å². The Morgan fingerprint density at radius 3 is 1.46 bits per heavy atom. The molecule has 0 radical (unpaired) electrons. The fraction of sp³-hybridized carbons (Fsp3) is 0.867. The maximum Gasteiger partial charge on any atom is 0.444 e. The maximum atomic E-state index is 13.5. The van der Waals surface area contributed by atoms with Gasteiger partial charge in [0.05, 0.1) is 14.2 Å². The summed E-state index contributed by atoms with van der Waals surface area (Å²) in [7, 11) is 1.28. The summed E-state index contributed by atoms with van der Waals surface area (Å²) >= 11 is 0. The van der Waals surface area contributed by atoms with Crippen LogP contribution >= 0.6 is 0 Å². The Labute approximate surface area is 155 Å². The summed E-state index contributed by atoms with van der Waals surface area (Å²) in [5, 5.41) is 20.1. The summed E-state index contributed by atoms with van der Waals surface area (Å²) in [4.78, 5) is 24.1. The van der Waals surface area contributed by atoms with Crippen molar-refractivity contribution in [3.63, 3.8) is 0 Å². The molecule has 0 aromatic rings. The minimum absolute atomic E-state index is 0.611. The molecule has 0 bridgehead atoms. The van der Waals surface area contributed by atoms with Gasteiger partial charge in [-0.25, -0.2) is 0 Å². The third kappa shape index (κ3) is 3.92. The summed E-state index contributed by atoms with van der Waals surface area (Å²) < 4.78 is 93.4. The second-order valence-corrected chi connectivity index (χ2v) is 6.79. The number of esters is 2. The summed E-state index contributed by atoms with van der Waals surface area (Å²) in [6, 6.07) is 0. The van der Waals surface area contributed by atoms with E-state index in [0.717, 1.165) is 0 Å². The van der Waals surface area contributed by atoms with Crippen LogP contribution in [0.4, 0.5) is 26.3 Å². The monoisotopic (exact) mass is 426 g/mol. The minimum Gasteiger partial charge on any atom is -0.469 e. The Morgan fingerprint density at radius 2 is 1.25 bits per heavy atom. The zero-order chi connectivity index (χ0) is 22.3. The number of hydrogen-bond donors (Lipinski definition) is 2. The molecule has 0 amide bonds. The number of aliphatic hydroxyl groups is 2. The zero-order valence-corrected chi connectivity index (χ0v) is 15.2. The fourth-order valence-electron chi connectivity index (χ4n) is 3.34. The molecule has 0 aliphatic carbocycles. The van der Waals surface area contributed by atoms with Crippen LogP contribution in [0.3, 0.4) is 0 Å². The lowest BCUT2D eigenvalue weighted by atomic mass is 9.67. The summed E-state index contributed by atoms with van der Waals surface area (Å²) in [5.74, 6) is -21.6. The van der Waals surface area contributed by atoms with Crippen molar-refractivity contribution in [2.75, 3.05) is 14.2 Å². The Bertz CT molecular complexity index is 559. The first-order valence-corrected chi connectivity index (χ1v) is 7.91. The van der Waals surface area contributed by atoms with Gasteiger partial charge >= 0.3 is 24.3 Å². The number of carbonyl (C=O) groups is 2. The molecule has 28 heavy (non-hydrogen) atoms. The van der Waals surface area contributed by atoms with Gasteiger partial charge in [-0.05, 0) is 18.3 Å². The van der Waals surface area contributed by atoms with Crippen molar-refractivity contribution >= 4 is 11.9 Å². The molecule has 1 aliphatic rings. The molecule has 1 heterocycles. The average Bonchev–Trinajstić information content (AvgIpc) is 2.51. The number of alkyl halides is 6. The van der Waals surface area contributed by atoms with Crippen LogP contribution in [0.1, 0.15) is 20.3 Å². The molecule has 2 N–H and O–H groups in total. The molecule has 0 saturated carbocycles. The van der Waals surface area contributed by atoms with Crippen molar-refractivity contribution < 1.29 is 60.4 Å². The Kier molecular flexibility index (Phi) is 6.70. The van der Waals surface area contributed by atoms with Crippen molar-refractivity contribution in [3.05, 3.63) is 0 Å². The van der Waals surface area contributed by atoms with Gasteiger partial charge in [-0.2, -0.15) is 26.3 Å². The molecule has 1 saturated heterocycles. The van der Waals surface area contributed by atoms with E-state index in [2.05, 4.69) is 14.2 Å². The average molecular weight is 426 g/mol. The molecular formula is C15H20F6O7. The van der Waals surface area contributed by atoms with E-state index in [0.29, 0.717) is 14.2 Å². The Morgan fingerprint density at radius 1 is 0.929 bits per heavy atom. The van der Waals surface area contributed by atoms with Crippen molar-refractivity contribution in [2.45, 2.75) is 44.2 Å². The molecule has 1 aliphatic heterocycles.